The number of aryl methyl sites for hydroxylation is 3. The Kier molecular flexibility index (Phi) is 6.73. The lowest BCUT2D eigenvalue weighted by atomic mass is 10.0. The summed E-state index contributed by atoms with van der Waals surface area (Å²) in [5.74, 6) is 0.223. The molecule has 0 spiro atoms. The summed E-state index contributed by atoms with van der Waals surface area (Å²) in [6.07, 6.45) is 1.67. The molecular formula is C17H27NO2. The predicted octanol–water partition coefficient (Wildman–Crippen LogP) is 2.76. The topological polar surface area (TPSA) is 49.3 Å². The third kappa shape index (κ3) is 5.74. The van der Waals surface area contributed by atoms with Gasteiger partial charge < -0.3 is 10.4 Å². The first-order valence-electron chi connectivity index (χ1n) is 7.44. The highest BCUT2D eigenvalue weighted by Crippen LogP contribution is 2.11. The first kappa shape index (κ1) is 16.7. The molecule has 0 saturated carbocycles. The van der Waals surface area contributed by atoms with Gasteiger partial charge in [-0.05, 0) is 31.7 Å². The number of hydrogen-bond donors (Lipinski definition) is 2. The molecule has 0 saturated heterocycles. The Balaban J connectivity index is 2.36. The molecule has 1 aromatic carbocycles. The Morgan fingerprint density at radius 2 is 1.85 bits per heavy atom. The Hall–Kier alpha value is -1.35. The molecule has 0 aliphatic rings. The molecule has 0 aromatic heterocycles. The molecule has 0 aliphatic carbocycles. The second kappa shape index (κ2) is 8.05. The second-order valence-corrected chi connectivity index (χ2v) is 5.75. The van der Waals surface area contributed by atoms with Crippen LogP contribution in [-0.2, 0) is 11.2 Å². The highest BCUT2D eigenvalue weighted by Gasteiger charge is 2.13. The molecule has 2 atom stereocenters. The maximum atomic E-state index is 11.8. The fourth-order valence-electron chi connectivity index (χ4n) is 2.25. The molecule has 1 aromatic rings. The first-order valence-corrected chi connectivity index (χ1v) is 7.44. The summed E-state index contributed by atoms with van der Waals surface area (Å²) in [6.45, 7) is 8.51. The smallest absolute Gasteiger partial charge is 0.220 e. The van der Waals surface area contributed by atoms with Crippen molar-refractivity contribution in [2.24, 2.45) is 5.92 Å². The molecule has 0 bridgehead atoms. The number of carbonyl (C=O) groups is 1. The number of aliphatic hydroxyl groups excluding tert-OH is 1. The van der Waals surface area contributed by atoms with E-state index < -0.39 is 6.10 Å². The van der Waals surface area contributed by atoms with Crippen molar-refractivity contribution >= 4 is 5.91 Å². The van der Waals surface area contributed by atoms with Gasteiger partial charge in [0.15, 0.2) is 0 Å². The van der Waals surface area contributed by atoms with Crippen LogP contribution in [0, 0.1) is 19.8 Å². The lowest BCUT2D eigenvalue weighted by Crippen LogP contribution is -2.35. The van der Waals surface area contributed by atoms with Crippen molar-refractivity contribution in [2.75, 3.05) is 6.54 Å². The lowest BCUT2D eigenvalue weighted by Gasteiger charge is -2.17. The van der Waals surface area contributed by atoms with E-state index in [0.717, 1.165) is 12.8 Å². The van der Waals surface area contributed by atoms with Crippen molar-refractivity contribution < 1.29 is 9.90 Å². The van der Waals surface area contributed by atoms with Crippen LogP contribution in [0.4, 0.5) is 0 Å². The molecule has 0 heterocycles. The second-order valence-electron chi connectivity index (χ2n) is 5.75. The van der Waals surface area contributed by atoms with Crippen molar-refractivity contribution in [3.63, 3.8) is 0 Å². The van der Waals surface area contributed by atoms with E-state index in [-0.39, 0.29) is 11.8 Å². The van der Waals surface area contributed by atoms with Gasteiger partial charge in [-0.25, -0.2) is 0 Å². The maximum Gasteiger partial charge on any atom is 0.220 e. The fourth-order valence-corrected chi connectivity index (χ4v) is 2.25. The quantitative estimate of drug-likeness (QED) is 0.805. The van der Waals surface area contributed by atoms with Crippen LogP contribution in [0.25, 0.3) is 0 Å². The van der Waals surface area contributed by atoms with Crippen LogP contribution in [0.1, 0.15) is 43.4 Å². The zero-order valence-electron chi connectivity index (χ0n) is 13.1. The van der Waals surface area contributed by atoms with Gasteiger partial charge in [0.2, 0.25) is 5.91 Å². The van der Waals surface area contributed by atoms with Crippen molar-refractivity contribution in [1.29, 1.82) is 0 Å². The van der Waals surface area contributed by atoms with Crippen LogP contribution in [0.5, 0.6) is 0 Å². The van der Waals surface area contributed by atoms with Gasteiger partial charge in [-0.1, -0.05) is 49.6 Å². The molecule has 1 amide bonds. The van der Waals surface area contributed by atoms with Crippen LogP contribution >= 0.6 is 0 Å². The largest absolute Gasteiger partial charge is 0.391 e. The number of nitrogens with one attached hydrogen (secondary N) is 1. The Morgan fingerprint density at radius 1 is 1.25 bits per heavy atom. The lowest BCUT2D eigenvalue weighted by molar-refractivity contribution is -0.121. The molecule has 2 N–H and O–H groups in total. The SMILES string of the molecule is CCC(C)C(O)CNC(=O)CCc1cc(C)cc(C)c1. The average molecular weight is 277 g/mol. The molecule has 0 fully saturated rings. The molecule has 112 valence electrons. The van der Waals surface area contributed by atoms with Gasteiger partial charge >= 0.3 is 0 Å². The Morgan fingerprint density at radius 3 is 2.40 bits per heavy atom. The van der Waals surface area contributed by atoms with Gasteiger partial charge in [-0.15, -0.1) is 0 Å². The normalized spacial score (nSPS) is 13.8. The van der Waals surface area contributed by atoms with E-state index in [2.05, 4.69) is 37.4 Å². The van der Waals surface area contributed by atoms with Crippen molar-refractivity contribution in [3.8, 4) is 0 Å². The monoisotopic (exact) mass is 277 g/mol. The summed E-state index contributed by atoms with van der Waals surface area (Å²) < 4.78 is 0. The number of carbonyl (C=O) groups excluding carboxylic acids is 1. The third-order valence-corrected chi connectivity index (χ3v) is 3.73. The van der Waals surface area contributed by atoms with E-state index in [1.165, 1.54) is 16.7 Å². The van der Waals surface area contributed by atoms with Gasteiger partial charge in [-0.3, -0.25) is 4.79 Å². The van der Waals surface area contributed by atoms with Crippen LogP contribution in [0.3, 0.4) is 0 Å². The molecular weight excluding hydrogens is 250 g/mol. The summed E-state index contributed by atoms with van der Waals surface area (Å²) in [7, 11) is 0. The van der Waals surface area contributed by atoms with Gasteiger partial charge in [0, 0.05) is 13.0 Å². The predicted molar refractivity (Wildman–Crippen MR) is 82.7 cm³/mol. The highest BCUT2D eigenvalue weighted by atomic mass is 16.3. The zero-order chi connectivity index (χ0) is 15.1. The summed E-state index contributed by atoms with van der Waals surface area (Å²) in [6, 6.07) is 6.37. The third-order valence-electron chi connectivity index (χ3n) is 3.73. The fraction of sp³-hybridized carbons (Fsp3) is 0.588. The Labute approximate surface area is 122 Å². The van der Waals surface area contributed by atoms with E-state index in [4.69, 9.17) is 0 Å². The molecule has 0 radical (unpaired) electrons. The van der Waals surface area contributed by atoms with E-state index in [1.807, 2.05) is 13.8 Å². The van der Waals surface area contributed by atoms with Gasteiger partial charge in [0.25, 0.3) is 0 Å². The van der Waals surface area contributed by atoms with E-state index >= 15 is 0 Å². The van der Waals surface area contributed by atoms with Gasteiger partial charge in [-0.2, -0.15) is 0 Å². The molecule has 3 nitrogen and oxygen atoms in total. The number of amides is 1. The average Bonchev–Trinajstić information content (AvgIpc) is 2.40. The number of hydrogen-bond acceptors (Lipinski definition) is 2. The molecule has 1 rings (SSSR count). The van der Waals surface area contributed by atoms with Crippen LogP contribution in [0.2, 0.25) is 0 Å². The number of rotatable bonds is 7. The summed E-state index contributed by atoms with van der Waals surface area (Å²) in [5, 5.41) is 12.6. The molecule has 3 heteroatoms. The van der Waals surface area contributed by atoms with Crippen molar-refractivity contribution in [3.05, 3.63) is 34.9 Å². The van der Waals surface area contributed by atoms with Crippen molar-refractivity contribution in [2.45, 2.75) is 53.1 Å². The maximum absolute atomic E-state index is 11.8. The minimum atomic E-state index is -0.454. The van der Waals surface area contributed by atoms with E-state index in [0.29, 0.717) is 13.0 Å². The van der Waals surface area contributed by atoms with Crippen molar-refractivity contribution in [1.82, 2.24) is 5.32 Å². The molecule has 20 heavy (non-hydrogen) atoms. The minimum absolute atomic E-state index is 0.00603. The van der Waals surface area contributed by atoms with Crippen LogP contribution in [0.15, 0.2) is 18.2 Å². The summed E-state index contributed by atoms with van der Waals surface area (Å²) in [5.41, 5.74) is 3.65. The van der Waals surface area contributed by atoms with Crippen LogP contribution in [-0.4, -0.2) is 23.7 Å². The first-order chi connectivity index (χ1) is 9.42. The van der Waals surface area contributed by atoms with E-state index in [9.17, 15) is 9.90 Å². The number of benzene rings is 1. The molecule has 2 unspecified atom stereocenters. The Bertz CT molecular complexity index is 422. The summed E-state index contributed by atoms with van der Waals surface area (Å²) in [4.78, 5) is 11.8. The summed E-state index contributed by atoms with van der Waals surface area (Å²) >= 11 is 0. The van der Waals surface area contributed by atoms with Crippen LogP contribution < -0.4 is 5.32 Å². The molecule has 0 aliphatic heterocycles. The van der Waals surface area contributed by atoms with Gasteiger partial charge in [0.1, 0.15) is 0 Å². The minimum Gasteiger partial charge on any atom is -0.391 e. The van der Waals surface area contributed by atoms with Gasteiger partial charge in [0.05, 0.1) is 6.10 Å². The van der Waals surface area contributed by atoms with E-state index in [1.54, 1.807) is 0 Å². The zero-order valence-corrected chi connectivity index (χ0v) is 13.1. The highest BCUT2D eigenvalue weighted by molar-refractivity contribution is 5.76. The standard InChI is InChI=1S/C17H27NO2/c1-5-14(4)16(19)11-18-17(20)7-6-15-9-12(2)8-13(3)10-15/h8-10,14,16,19H,5-7,11H2,1-4H3,(H,18,20). The number of aliphatic hydroxyl groups is 1.